The van der Waals surface area contributed by atoms with Gasteiger partial charge >= 0.3 is 0 Å². The van der Waals surface area contributed by atoms with Crippen LogP contribution in [-0.2, 0) is 4.79 Å². The molecule has 0 unspecified atom stereocenters. The summed E-state index contributed by atoms with van der Waals surface area (Å²) < 4.78 is 0. The fourth-order valence-corrected chi connectivity index (χ4v) is 3.10. The van der Waals surface area contributed by atoms with Gasteiger partial charge < -0.3 is 0 Å². The van der Waals surface area contributed by atoms with Crippen LogP contribution in [0.2, 0.25) is 0 Å². The first-order chi connectivity index (χ1) is 10.2. The summed E-state index contributed by atoms with van der Waals surface area (Å²) in [5.41, 5.74) is 7.03. The summed E-state index contributed by atoms with van der Waals surface area (Å²) in [6.07, 6.45) is 2.57. The predicted molar refractivity (Wildman–Crippen MR) is 87.2 cm³/mol. The molecule has 0 aromatic heterocycles. The fourth-order valence-electron chi connectivity index (χ4n) is 3.10. The second kappa shape index (κ2) is 5.69. The Bertz CT molecular complexity index is 708. The maximum atomic E-state index is 12.3. The van der Waals surface area contributed by atoms with E-state index in [2.05, 4.69) is 44.2 Å². The molecule has 0 saturated heterocycles. The molecule has 0 spiro atoms. The summed E-state index contributed by atoms with van der Waals surface area (Å²) in [5.74, 6) is 0.315. The first-order valence-electron chi connectivity index (χ1n) is 7.57. The van der Waals surface area contributed by atoms with E-state index in [9.17, 15) is 4.79 Å². The minimum atomic E-state index is 0.315. The van der Waals surface area contributed by atoms with Crippen molar-refractivity contribution in [1.82, 2.24) is 0 Å². The summed E-state index contributed by atoms with van der Waals surface area (Å²) in [7, 11) is 0. The molecule has 1 saturated carbocycles. The van der Waals surface area contributed by atoms with Crippen LogP contribution in [-0.4, -0.2) is 5.78 Å². The second-order valence-corrected chi connectivity index (χ2v) is 5.74. The van der Waals surface area contributed by atoms with Gasteiger partial charge in [0.1, 0.15) is 0 Å². The third-order valence-corrected chi connectivity index (χ3v) is 4.41. The molecule has 1 aliphatic rings. The smallest absolute Gasteiger partial charge is 0.159 e. The van der Waals surface area contributed by atoms with E-state index < -0.39 is 0 Å². The number of carbonyl (C=O) groups excluding carboxylic acids is 1. The van der Waals surface area contributed by atoms with Gasteiger partial charge in [0, 0.05) is 12.0 Å². The highest BCUT2D eigenvalue weighted by atomic mass is 16.1. The maximum Gasteiger partial charge on any atom is 0.159 e. The van der Waals surface area contributed by atoms with E-state index in [1.54, 1.807) is 0 Å². The van der Waals surface area contributed by atoms with Crippen LogP contribution in [0, 0.1) is 13.8 Å². The van der Waals surface area contributed by atoms with Crippen LogP contribution in [0.25, 0.3) is 5.57 Å². The zero-order valence-electron chi connectivity index (χ0n) is 12.6. The number of rotatable bonds is 2. The topological polar surface area (TPSA) is 17.1 Å². The van der Waals surface area contributed by atoms with Crippen molar-refractivity contribution >= 4 is 11.4 Å². The summed E-state index contributed by atoms with van der Waals surface area (Å²) in [5, 5.41) is 0. The largest absolute Gasteiger partial charge is 0.295 e. The van der Waals surface area contributed by atoms with E-state index >= 15 is 0 Å². The average molecular weight is 276 g/mol. The summed E-state index contributed by atoms with van der Waals surface area (Å²) >= 11 is 0. The molecule has 1 aliphatic carbocycles. The minimum absolute atomic E-state index is 0.315. The Morgan fingerprint density at radius 3 is 2.33 bits per heavy atom. The zero-order valence-corrected chi connectivity index (χ0v) is 12.6. The van der Waals surface area contributed by atoms with Crippen molar-refractivity contribution in [2.24, 2.45) is 0 Å². The van der Waals surface area contributed by atoms with E-state index in [4.69, 9.17) is 0 Å². The van der Waals surface area contributed by atoms with Crippen molar-refractivity contribution < 1.29 is 4.79 Å². The number of allylic oxidation sites excluding steroid dienone is 1. The lowest BCUT2D eigenvalue weighted by atomic mass is 9.88. The molecule has 0 heterocycles. The van der Waals surface area contributed by atoms with E-state index in [0.29, 0.717) is 12.2 Å². The van der Waals surface area contributed by atoms with Crippen molar-refractivity contribution in [3.05, 3.63) is 76.4 Å². The summed E-state index contributed by atoms with van der Waals surface area (Å²) in [4.78, 5) is 12.3. The first kappa shape index (κ1) is 13.8. The van der Waals surface area contributed by atoms with Crippen LogP contribution in [0.1, 0.15) is 41.5 Å². The van der Waals surface area contributed by atoms with Gasteiger partial charge in [-0.05, 0) is 54.5 Å². The normalized spacial score (nSPS) is 17.1. The number of hydrogen-bond acceptors (Lipinski definition) is 1. The van der Waals surface area contributed by atoms with Gasteiger partial charge in [0.25, 0.3) is 0 Å². The molecule has 21 heavy (non-hydrogen) atoms. The molecule has 2 aromatic carbocycles. The Morgan fingerprint density at radius 1 is 0.905 bits per heavy atom. The molecule has 0 N–H and O–H groups in total. The lowest BCUT2D eigenvalue weighted by Crippen LogP contribution is -2.02. The number of aryl methyl sites for hydroxylation is 1. The van der Waals surface area contributed by atoms with Crippen molar-refractivity contribution in [3.8, 4) is 0 Å². The highest BCUT2D eigenvalue weighted by molar-refractivity contribution is 6.07. The second-order valence-electron chi connectivity index (χ2n) is 5.74. The Hall–Kier alpha value is -2.15. The molecule has 0 radical (unpaired) electrons. The minimum Gasteiger partial charge on any atom is -0.295 e. The fraction of sp³-hybridized carbons (Fsp3) is 0.250. The third kappa shape index (κ3) is 2.56. The lowest BCUT2D eigenvalue weighted by molar-refractivity contribution is -0.114. The Labute approximate surface area is 126 Å². The van der Waals surface area contributed by atoms with Gasteiger partial charge in [0.2, 0.25) is 0 Å². The molecule has 0 atom stereocenters. The lowest BCUT2D eigenvalue weighted by Gasteiger charge is -2.16. The van der Waals surface area contributed by atoms with Gasteiger partial charge in [-0.15, -0.1) is 0 Å². The monoisotopic (exact) mass is 276 g/mol. The quantitative estimate of drug-likeness (QED) is 0.716. The number of Topliss-reactive ketones (excluding diaryl/α,β-unsaturated/α-hetero) is 1. The van der Waals surface area contributed by atoms with Gasteiger partial charge in [0.15, 0.2) is 5.78 Å². The Balaban J connectivity index is 2.28. The van der Waals surface area contributed by atoms with Crippen LogP contribution in [0.5, 0.6) is 0 Å². The number of benzene rings is 2. The van der Waals surface area contributed by atoms with Crippen molar-refractivity contribution in [2.75, 3.05) is 0 Å². The molecule has 2 aromatic rings. The van der Waals surface area contributed by atoms with Gasteiger partial charge in [-0.2, -0.15) is 0 Å². The Morgan fingerprint density at radius 2 is 1.67 bits per heavy atom. The first-order valence-corrected chi connectivity index (χ1v) is 7.57. The molecular weight excluding hydrogens is 256 g/mol. The molecule has 0 bridgehead atoms. The standard InChI is InChI=1S/C20H20O/c1-14-8-6-11-17(15(14)2)20(16-9-4-3-5-10-16)18-12-7-13-19(18)21/h3-6,8-11H,7,12-13H2,1-2H3/b20-18+. The van der Waals surface area contributed by atoms with Crippen molar-refractivity contribution in [2.45, 2.75) is 33.1 Å². The van der Waals surface area contributed by atoms with Gasteiger partial charge in [-0.3, -0.25) is 4.79 Å². The highest BCUT2D eigenvalue weighted by Gasteiger charge is 2.23. The maximum absolute atomic E-state index is 12.3. The third-order valence-electron chi connectivity index (χ3n) is 4.41. The SMILES string of the molecule is Cc1cccc(/C(=C2\CCCC2=O)c2ccccc2)c1C. The van der Waals surface area contributed by atoms with E-state index in [-0.39, 0.29) is 0 Å². The zero-order chi connectivity index (χ0) is 14.8. The van der Waals surface area contributed by atoms with Crippen LogP contribution >= 0.6 is 0 Å². The molecule has 0 amide bonds. The molecular formula is C20H20O. The molecule has 3 rings (SSSR count). The van der Waals surface area contributed by atoms with E-state index in [0.717, 1.165) is 29.6 Å². The van der Waals surface area contributed by atoms with Crippen LogP contribution in [0.4, 0.5) is 0 Å². The van der Waals surface area contributed by atoms with Gasteiger partial charge in [0.05, 0.1) is 0 Å². The highest BCUT2D eigenvalue weighted by Crippen LogP contribution is 2.35. The predicted octanol–water partition coefficient (Wildman–Crippen LogP) is 4.86. The molecule has 106 valence electrons. The number of ketones is 1. The van der Waals surface area contributed by atoms with Crippen molar-refractivity contribution in [1.29, 1.82) is 0 Å². The van der Waals surface area contributed by atoms with Crippen LogP contribution in [0.15, 0.2) is 54.1 Å². The van der Waals surface area contributed by atoms with Crippen LogP contribution < -0.4 is 0 Å². The summed E-state index contributed by atoms with van der Waals surface area (Å²) in [6.45, 7) is 4.27. The van der Waals surface area contributed by atoms with Gasteiger partial charge in [-0.25, -0.2) is 0 Å². The average Bonchev–Trinajstić information content (AvgIpc) is 2.91. The van der Waals surface area contributed by atoms with Crippen LogP contribution in [0.3, 0.4) is 0 Å². The van der Waals surface area contributed by atoms with E-state index in [1.165, 1.54) is 16.7 Å². The molecule has 1 nitrogen and oxygen atoms in total. The molecule has 0 aliphatic heterocycles. The van der Waals surface area contributed by atoms with Crippen molar-refractivity contribution in [3.63, 3.8) is 0 Å². The molecule has 1 fully saturated rings. The number of hydrogen-bond donors (Lipinski definition) is 0. The summed E-state index contributed by atoms with van der Waals surface area (Å²) in [6, 6.07) is 16.7. The van der Waals surface area contributed by atoms with Gasteiger partial charge in [-0.1, -0.05) is 48.5 Å². The number of carbonyl (C=O) groups is 1. The Kier molecular flexibility index (Phi) is 3.74. The van der Waals surface area contributed by atoms with E-state index in [1.807, 2.05) is 18.2 Å². The molecule has 1 heteroatoms.